The van der Waals surface area contributed by atoms with Crippen molar-refractivity contribution in [2.24, 2.45) is 0 Å². The van der Waals surface area contributed by atoms with Crippen molar-refractivity contribution in [2.75, 3.05) is 42.1 Å². The molecule has 0 saturated heterocycles. The van der Waals surface area contributed by atoms with E-state index in [1.165, 1.54) is 9.18 Å². The summed E-state index contributed by atoms with van der Waals surface area (Å²) in [5.41, 5.74) is 1.74. The number of benzene rings is 1. The number of pyridine rings is 1. The molecule has 0 bridgehead atoms. The highest BCUT2D eigenvalue weighted by Gasteiger charge is 2.28. The molecule has 9 nitrogen and oxygen atoms in total. The molecule has 3 N–H and O–H groups in total. The number of rotatable bonds is 10. The van der Waals surface area contributed by atoms with Crippen LogP contribution < -0.4 is 14.9 Å². The summed E-state index contributed by atoms with van der Waals surface area (Å²) in [4.78, 5) is 12.9. The molecule has 1 saturated carbocycles. The van der Waals surface area contributed by atoms with Gasteiger partial charge in [0.05, 0.1) is 22.4 Å². The lowest BCUT2D eigenvalue weighted by Crippen LogP contribution is -2.37. The Kier molecular flexibility index (Phi) is 8.18. The Morgan fingerprint density at radius 1 is 1.00 bits per heavy atom. The first-order chi connectivity index (χ1) is 18.3. The third-order valence-corrected chi connectivity index (χ3v) is 9.94. The summed E-state index contributed by atoms with van der Waals surface area (Å²) in [5.74, 6) is 0.942. The Labute approximate surface area is 229 Å². The minimum atomic E-state index is -3.90. The van der Waals surface area contributed by atoms with Gasteiger partial charge in [-0.2, -0.15) is 0 Å². The lowest BCUT2D eigenvalue weighted by molar-refractivity contribution is 0.126. The average Bonchev–Trinajstić information content (AvgIpc) is 3.48. The number of nitrogens with zero attached hydrogens (tertiary/aromatic N) is 4. The van der Waals surface area contributed by atoms with E-state index in [2.05, 4.69) is 10.6 Å². The molecule has 2 aromatic heterocycles. The summed E-state index contributed by atoms with van der Waals surface area (Å²) in [6, 6.07) is 12.6. The highest BCUT2D eigenvalue weighted by molar-refractivity contribution is 7.92. The van der Waals surface area contributed by atoms with Crippen LogP contribution in [0.1, 0.15) is 42.7 Å². The van der Waals surface area contributed by atoms with Crippen molar-refractivity contribution in [3.63, 3.8) is 0 Å². The minimum Gasteiger partial charge on any atom is -0.393 e. The van der Waals surface area contributed by atoms with Gasteiger partial charge in [0.15, 0.2) is 5.13 Å². The van der Waals surface area contributed by atoms with Gasteiger partial charge in [-0.3, -0.25) is 4.31 Å². The Balaban J connectivity index is 1.50. The monoisotopic (exact) mass is 556 g/mol. The third kappa shape index (κ3) is 6.28. The first kappa shape index (κ1) is 26.9. The van der Waals surface area contributed by atoms with Gasteiger partial charge in [-0.25, -0.2) is 18.4 Å². The number of aliphatic hydroxyl groups excluding tert-OH is 1. The van der Waals surface area contributed by atoms with Gasteiger partial charge in [-0.05, 0) is 71.2 Å². The fourth-order valence-corrected chi connectivity index (χ4v) is 7.53. The largest absolute Gasteiger partial charge is 0.393 e. The van der Waals surface area contributed by atoms with Crippen molar-refractivity contribution in [2.45, 2.75) is 62.0 Å². The molecule has 1 fully saturated rings. The molecule has 204 valence electrons. The first-order valence-electron chi connectivity index (χ1n) is 13.2. The smallest absolute Gasteiger partial charge is 0.264 e. The lowest BCUT2D eigenvalue weighted by atomic mass is 9.93. The molecule has 0 spiro atoms. The molecule has 38 heavy (non-hydrogen) atoms. The molecule has 2 heterocycles. The van der Waals surface area contributed by atoms with Crippen LogP contribution in [-0.2, 0) is 22.9 Å². The molecule has 0 radical (unpaired) electrons. The molecule has 11 heteroatoms. The number of aliphatic hydroxyl groups is 1. The standard InChI is InChI=1S/C27H36N6O3S2/c1-32(2)15-16-33(20-7-4-3-5-8-20)38(35,36)22-17-25(28-19-11-13-21(34)14-12-19)30-26(18-22)31-27-29-23-9-6-10-24(23)37-27/h3-5,7-8,17-19,21,34H,6,9-16H2,1-2H3,(H2,28,29,30,31). The van der Waals surface area contributed by atoms with Gasteiger partial charge >= 0.3 is 0 Å². The van der Waals surface area contributed by atoms with Crippen molar-refractivity contribution < 1.29 is 13.5 Å². The number of fused-ring (bicyclic) bond motifs is 1. The van der Waals surface area contributed by atoms with E-state index in [0.717, 1.165) is 55.8 Å². The summed E-state index contributed by atoms with van der Waals surface area (Å²) in [6.07, 6.45) is 5.93. The van der Waals surface area contributed by atoms with Gasteiger partial charge in [-0.15, -0.1) is 11.3 Å². The maximum Gasteiger partial charge on any atom is 0.264 e. The van der Waals surface area contributed by atoms with Gasteiger partial charge in [0, 0.05) is 36.1 Å². The second-order valence-corrected chi connectivity index (χ2v) is 13.3. The van der Waals surface area contributed by atoms with E-state index in [4.69, 9.17) is 9.97 Å². The number of likely N-dealkylation sites (N-methyl/N-ethyl adjacent to an activating group) is 1. The Hall–Kier alpha value is -2.73. The van der Waals surface area contributed by atoms with Crippen LogP contribution in [0.25, 0.3) is 0 Å². The molecule has 0 atom stereocenters. The summed E-state index contributed by atoms with van der Waals surface area (Å²) in [5, 5.41) is 17.4. The number of anilines is 4. The summed E-state index contributed by atoms with van der Waals surface area (Å²) < 4.78 is 29.7. The SMILES string of the molecule is CN(C)CCN(c1ccccc1)S(=O)(=O)c1cc(Nc2nc3c(s2)CCC3)nc(NC2CCC(O)CC2)c1. The number of aromatic nitrogens is 2. The van der Waals surface area contributed by atoms with E-state index >= 15 is 0 Å². The van der Waals surface area contributed by atoms with E-state index in [0.29, 0.717) is 30.4 Å². The van der Waals surface area contributed by atoms with Crippen LogP contribution in [0.2, 0.25) is 0 Å². The Morgan fingerprint density at radius 2 is 1.74 bits per heavy atom. The van der Waals surface area contributed by atoms with Crippen molar-refractivity contribution >= 4 is 43.8 Å². The average molecular weight is 557 g/mol. The fourth-order valence-electron chi connectivity index (χ4n) is 4.98. The molecule has 1 aromatic carbocycles. The van der Waals surface area contributed by atoms with Crippen molar-refractivity contribution in [3.05, 3.63) is 53.0 Å². The molecular weight excluding hydrogens is 520 g/mol. The zero-order chi connectivity index (χ0) is 26.7. The second-order valence-electron chi connectivity index (χ2n) is 10.3. The molecule has 3 aromatic rings. The van der Waals surface area contributed by atoms with Crippen LogP contribution in [0, 0.1) is 0 Å². The molecule has 0 unspecified atom stereocenters. The molecule has 2 aliphatic rings. The molecular formula is C27H36N6O3S2. The van der Waals surface area contributed by atoms with Crippen LogP contribution >= 0.6 is 11.3 Å². The van der Waals surface area contributed by atoms with E-state index in [1.807, 2.05) is 49.3 Å². The topological polar surface area (TPSA) is 111 Å². The predicted octanol–water partition coefficient (Wildman–Crippen LogP) is 4.24. The molecule has 0 amide bonds. The minimum absolute atomic E-state index is 0.124. The maximum absolute atomic E-state index is 14.1. The Bertz CT molecular complexity index is 1320. The van der Waals surface area contributed by atoms with Crippen molar-refractivity contribution in [1.82, 2.24) is 14.9 Å². The zero-order valence-electron chi connectivity index (χ0n) is 21.9. The number of aryl methyl sites for hydroxylation is 2. The summed E-state index contributed by atoms with van der Waals surface area (Å²) in [7, 11) is -0.0448. The summed E-state index contributed by atoms with van der Waals surface area (Å²) in [6.45, 7) is 0.886. The Morgan fingerprint density at radius 3 is 2.45 bits per heavy atom. The van der Waals surface area contributed by atoms with Crippen molar-refractivity contribution in [1.29, 1.82) is 0 Å². The van der Waals surface area contributed by atoms with Gasteiger partial charge < -0.3 is 20.6 Å². The number of thiazole rings is 1. The number of para-hydroxylation sites is 1. The first-order valence-corrected chi connectivity index (χ1v) is 15.5. The van der Waals surface area contributed by atoms with E-state index in [1.54, 1.807) is 23.5 Å². The third-order valence-electron chi connectivity index (χ3n) is 7.06. The van der Waals surface area contributed by atoms with Gasteiger partial charge in [0.2, 0.25) is 0 Å². The lowest BCUT2D eigenvalue weighted by Gasteiger charge is -2.28. The van der Waals surface area contributed by atoms with Crippen LogP contribution in [0.15, 0.2) is 47.4 Å². The normalized spacial score (nSPS) is 19.4. The maximum atomic E-state index is 14.1. The zero-order valence-corrected chi connectivity index (χ0v) is 23.6. The van der Waals surface area contributed by atoms with Gasteiger partial charge in [0.1, 0.15) is 11.6 Å². The summed E-state index contributed by atoms with van der Waals surface area (Å²) >= 11 is 1.61. The van der Waals surface area contributed by atoms with Crippen molar-refractivity contribution in [3.8, 4) is 0 Å². The van der Waals surface area contributed by atoms with Gasteiger partial charge in [0.25, 0.3) is 10.0 Å². The predicted molar refractivity (Wildman–Crippen MR) is 153 cm³/mol. The fraction of sp³-hybridized carbons (Fsp3) is 0.481. The van der Waals surface area contributed by atoms with Crippen LogP contribution in [0.5, 0.6) is 0 Å². The second kappa shape index (κ2) is 11.6. The number of hydrogen-bond donors (Lipinski definition) is 3. The van der Waals surface area contributed by atoms with Gasteiger partial charge in [-0.1, -0.05) is 18.2 Å². The molecule has 2 aliphatic carbocycles. The van der Waals surface area contributed by atoms with E-state index in [9.17, 15) is 13.5 Å². The molecule has 5 rings (SSSR count). The highest BCUT2D eigenvalue weighted by Crippen LogP contribution is 2.34. The van der Waals surface area contributed by atoms with E-state index < -0.39 is 10.0 Å². The van der Waals surface area contributed by atoms with Crippen LogP contribution in [0.3, 0.4) is 0 Å². The van der Waals surface area contributed by atoms with Crippen LogP contribution in [0.4, 0.5) is 22.5 Å². The number of sulfonamides is 1. The number of hydrogen-bond acceptors (Lipinski definition) is 9. The number of nitrogens with one attached hydrogen (secondary N) is 2. The quantitative estimate of drug-likeness (QED) is 0.340. The molecule has 0 aliphatic heterocycles. The highest BCUT2D eigenvalue weighted by atomic mass is 32.2. The van der Waals surface area contributed by atoms with E-state index in [-0.39, 0.29) is 17.0 Å². The van der Waals surface area contributed by atoms with Crippen LogP contribution in [-0.4, -0.2) is 67.7 Å².